The Morgan fingerprint density at radius 2 is 2.05 bits per heavy atom. The molecule has 22 heavy (non-hydrogen) atoms. The highest BCUT2D eigenvalue weighted by Gasteiger charge is 2.03. The predicted molar refractivity (Wildman–Crippen MR) is 88.0 cm³/mol. The van der Waals surface area contributed by atoms with Crippen LogP contribution in [0.3, 0.4) is 0 Å². The molecule has 0 saturated heterocycles. The fourth-order valence-electron chi connectivity index (χ4n) is 1.92. The summed E-state index contributed by atoms with van der Waals surface area (Å²) in [6, 6.07) is 7.26. The number of ether oxygens (including phenoxy) is 1. The first-order chi connectivity index (χ1) is 10.5. The van der Waals surface area contributed by atoms with E-state index in [1.807, 2.05) is 25.4 Å². The number of hydrogen-bond donors (Lipinski definition) is 0. The zero-order valence-corrected chi connectivity index (χ0v) is 13.3. The van der Waals surface area contributed by atoms with E-state index in [-0.39, 0.29) is 5.78 Å². The van der Waals surface area contributed by atoms with Gasteiger partial charge in [-0.3, -0.25) is 9.48 Å². The molecule has 1 aromatic carbocycles. The molecule has 0 aliphatic heterocycles. The Morgan fingerprint density at radius 3 is 2.64 bits per heavy atom. The topological polar surface area (TPSA) is 44.1 Å². The first-order valence-electron chi connectivity index (χ1n) is 7.48. The molecule has 1 heterocycles. The number of rotatable bonds is 7. The summed E-state index contributed by atoms with van der Waals surface area (Å²) < 4.78 is 7.35. The Morgan fingerprint density at radius 1 is 1.32 bits per heavy atom. The van der Waals surface area contributed by atoms with Crippen molar-refractivity contribution in [3.05, 3.63) is 53.9 Å². The summed E-state index contributed by atoms with van der Waals surface area (Å²) in [4.78, 5) is 12.1. The van der Waals surface area contributed by atoms with Crippen LogP contribution in [0.25, 0.3) is 6.08 Å². The van der Waals surface area contributed by atoms with Crippen LogP contribution >= 0.6 is 0 Å². The number of carbonyl (C=O) groups excluding carboxylic acids is 1. The fraction of sp³-hybridized carbons (Fsp3) is 0.333. The molecular formula is C18H22N2O2. The van der Waals surface area contributed by atoms with Crippen LogP contribution in [-0.2, 0) is 7.05 Å². The maximum atomic E-state index is 12.1. The van der Waals surface area contributed by atoms with Crippen molar-refractivity contribution >= 4 is 11.9 Å². The molecule has 0 aliphatic carbocycles. The standard InChI is InChI=1S/C18H22N2O2/c1-14(2)10-11-22-17-7-5-16(6-8-17)18(21)9-4-15-12-19-20(3)13-15/h4-9,12-14H,10-11H2,1-3H3/b9-4+. The SMILES string of the molecule is CC(C)CCOc1ccc(C(=O)/C=C/c2cnn(C)c2)cc1. The second-order valence-corrected chi connectivity index (χ2v) is 5.70. The number of benzene rings is 1. The highest BCUT2D eigenvalue weighted by atomic mass is 16.5. The van der Waals surface area contributed by atoms with Gasteiger partial charge in [-0.25, -0.2) is 0 Å². The van der Waals surface area contributed by atoms with Gasteiger partial charge in [-0.1, -0.05) is 13.8 Å². The monoisotopic (exact) mass is 298 g/mol. The van der Waals surface area contributed by atoms with E-state index in [9.17, 15) is 4.79 Å². The smallest absolute Gasteiger partial charge is 0.185 e. The lowest BCUT2D eigenvalue weighted by molar-refractivity contribution is 0.104. The molecule has 0 saturated carbocycles. The lowest BCUT2D eigenvalue weighted by Gasteiger charge is -2.08. The van der Waals surface area contributed by atoms with Crippen molar-refractivity contribution in [2.75, 3.05) is 6.61 Å². The van der Waals surface area contributed by atoms with Crippen molar-refractivity contribution in [2.24, 2.45) is 13.0 Å². The van der Waals surface area contributed by atoms with E-state index in [4.69, 9.17) is 4.74 Å². The molecule has 116 valence electrons. The Kier molecular flexibility index (Phi) is 5.53. The molecule has 0 atom stereocenters. The van der Waals surface area contributed by atoms with Crippen LogP contribution in [-0.4, -0.2) is 22.2 Å². The maximum Gasteiger partial charge on any atom is 0.185 e. The van der Waals surface area contributed by atoms with E-state index in [2.05, 4.69) is 18.9 Å². The third kappa shape index (κ3) is 4.88. The zero-order chi connectivity index (χ0) is 15.9. The number of nitrogens with zero attached hydrogens (tertiary/aromatic N) is 2. The molecule has 0 fully saturated rings. The van der Waals surface area contributed by atoms with Crippen LogP contribution in [0.2, 0.25) is 0 Å². The number of carbonyl (C=O) groups is 1. The second-order valence-electron chi connectivity index (χ2n) is 5.70. The van der Waals surface area contributed by atoms with Crippen molar-refractivity contribution in [1.29, 1.82) is 0 Å². The molecule has 2 rings (SSSR count). The molecule has 1 aromatic heterocycles. The average molecular weight is 298 g/mol. The van der Waals surface area contributed by atoms with E-state index >= 15 is 0 Å². The minimum Gasteiger partial charge on any atom is -0.494 e. The molecule has 4 heteroatoms. The first kappa shape index (κ1) is 16.0. The van der Waals surface area contributed by atoms with Crippen LogP contribution < -0.4 is 4.74 Å². The number of ketones is 1. The van der Waals surface area contributed by atoms with E-state index < -0.39 is 0 Å². The van der Waals surface area contributed by atoms with Crippen LogP contribution in [0.4, 0.5) is 0 Å². The van der Waals surface area contributed by atoms with Crippen molar-refractivity contribution in [2.45, 2.75) is 20.3 Å². The molecule has 0 radical (unpaired) electrons. The summed E-state index contributed by atoms with van der Waals surface area (Å²) >= 11 is 0. The van der Waals surface area contributed by atoms with E-state index in [0.717, 1.165) is 17.7 Å². The summed E-state index contributed by atoms with van der Waals surface area (Å²) in [5.41, 5.74) is 1.56. The zero-order valence-electron chi connectivity index (χ0n) is 13.3. The van der Waals surface area contributed by atoms with Crippen molar-refractivity contribution in [1.82, 2.24) is 9.78 Å². The fourth-order valence-corrected chi connectivity index (χ4v) is 1.92. The number of hydrogen-bond acceptors (Lipinski definition) is 3. The average Bonchev–Trinajstić information content (AvgIpc) is 2.91. The predicted octanol–water partition coefficient (Wildman–Crippen LogP) is 3.74. The highest BCUT2D eigenvalue weighted by molar-refractivity contribution is 6.06. The van der Waals surface area contributed by atoms with Crippen LogP contribution in [0.5, 0.6) is 5.75 Å². The van der Waals surface area contributed by atoms with E-state index in [1.54, 1.807) is 35.2 Å². The van der Waals surface area contributed by atoms with Gasteiger partial charge in [-0.05, 0) is 48.8 Å². The molecule has 2 aromatic rings. The summed E-state index contributed by atoms with van der Waals surface area (Å²) in [5.74, 6) is 1.39. The van der Waals surface area contributed by atoms with Crippen molar-refractivity contribution in [3.63, 3.8) is 0 Å². The summed E-state index contributed by atoms with van der Waals surface area (Å²) in [6.45, 7) is 5.03. The molecule has 0 unspecified atom stereocenters. The molecule has 0 aliphatic rings. The van der Waals surface area contributed by atoms with Gasteiger partial charge in [0.2, 0.25) is 0 Å². The Balaban J connectivity index is 1.92. The molecule has 0 N–H and O–H groups in total. The number of aryl methyl sites for hydroxylation is 1. The normalized spacial score (nSPS) is 11.3. The summed E-state index contributed by atoms with van der Waals surface area (Å²) in [5, 5.41) is 4.06. The van der Waals surface area contributed by atoms with Gasteiger partial charge in [0.15, 0.2) is 5.78 Å². The number of allylic oxidation sites excluding steroid dienone is 1. The van der Waals surface area contributed by atoms with E-state index in [0.29, 0.717) is 18.1 Å². The summed E-state index contributed by atoms with van der Waals surface area (Å²) in [6.07, 6.45) is 7.92. The largest absolute Gasteiger partial charge is 0.494 e. The molecule has 0 spiro atoms. The van der Waals surface area contributed by atoms with Crippen LogP contribution in [0.1, 0.15) is 36.2 Å². The van der Waals surface area contributed by atoms with Gasteiger partial charge < -0.3 is 4.74 Å². The van der Waals surface area contributed by atoms with Gasteiger partial charge in [0, 0.05) is 24.4 Å². The minimum atomic E-state index is -0.0300. The molecule has 0 bridgehead atoms. The lowest BCUT2D eigenvalue weighted by Crippen LogP contribution is -2.01. The van der Waals surface area contributed by atoms with Gasteiger partial charge in [-0.2, -0.15) is 5.10 Å². The minimum absolute atomic E-state index is 0.0300. The van der Waals surface area contributed by atoms with Gasteiger partial charge in [-0.15, -0.1) is 0 Å². The first-order valence-corrected chi connectivity index (χ1v) is 7.48. The molecular weight excluding hydrogens is 276 g/mol. The third-order valence-corrected chi connectivity index (χ3v) is 3.25. The highest BCUT2D eigenvalue weighted by Crippen LogP contribution is 2.14. The molecule has 4 nitrogen and oxygen atoms in total. The van der Waals surface area contributed by atoms with Gasteiger partial charge in [0.25, 0.3) is 0 Å². The van der Waals surface area contributed by atoms with Crippen molar-refractivity contribution in [3.8, 4) is 5.75 Å². The molecule has 0 amide bonds. The van der Waals surface area contributed by atoms with Crippen LogP contribution in [0, 0.1) is 5.92 Å². The Hall–Kier alpha value is -2.36. The third-order valence-electron chi connectivity index (χ3n) is 3.25. The Labute approximate surface area is 131 Å². The quantitative estimate of drug-likeness (QED) is 0.578. The summed E-state index contributed by atoms with van der Waals surface area (Å²) in [7, 11) is 1.84. The van der Waals surface area contributed by atoms with Crippen LogP contribution in [0.15, 0.2) is 42.7 Å². The second kappa shape index (κ2) is 7.59. The maximum absolute atomic E-state index is 12.1. The lowest BCUT2D eigenvalue weighted by atomic mass is 10.1. The number of aromatic nitrogens is 2. The van der Waals surface area contributed by atoms with Gasteiger partial charge in [0.05, 0.1) is 12.8 Å². The van der Waals surface area contributed by atoms with Gasteiger partial charge >= 0.3 is 0 Å². The van der Waals surface area contributed by atoms with Crippen molar-refractivity contribution < 1.29 is 9.53 Å². The van der Waals surface area contributed by atoms with E-state index in [1.165, 1.54) is 0 Å². The Bertz CT molecular complexity index is 639. The van der Waals surface area contributed by atoms with Gasteiger partial charge in [0.1, 0.15) is 5.75 Å².